The van der Waals surface area contributed by atoms with Crippen LogP contribution in [0.1, 0.15) is 33.2 Å². The molecule has 1 N–H and O–H groups in total. The number of amides is 1. The summed E-state index contributed by atoms with van der Waals surface area (Å²) in [6, 6.07) is 12.1. The maximum absolute atomic E-state index is 13.8. The number of nitro benzene ring substituents is 1. The van der Waals surface area contributed by atoms with Gasteiger partial charge in [-0.25, -0.2) is 0 Å². The van der Waals surface area contributed by atoms with E-state index in [2.05, 4.69) is 5.32 Å². The number of furan rings is 1. The van der Waals surface area contributed by atoms with Crippen LogP contribution in [0.2, 0.25) is 0 Å². The lowest BCUT2D eigenvalue weighted by molar-refractivity contribution is -0.384. The van der Waals surface area contributed by atoms with Crippen LogP contribution in [0.5, 0.6) is 0 Å². The molecule has 1 fully saturated rings. The van der Waals surface area contributed by atoms with Crippen LogP contribution in [0.3, 0.4) is 0 Å². The van der Waals surface area contributed by atoms with E-state index >= 15 is 0 Å². The zero-order chi connectivity index (χ0) is 25.1. The molecule has 0 saturated carbocycles. The number of likely N-dealkylation sites (N-methyl/N-ethyl adjacent to an activating group) is 1. The highest BCUT2D eigenvalue weighted by atomic mass is 19.4. The summed E-state index contributed by atoms with van der Waals surface area (Å²) in [6.07, 6.45) is -3.45. The third-order valence-corrected chi connectivity index (χ3v) is 6.85. The molecule has 8 nitrogen and oxygen atoms in total. The summed E-state index contributed by atoms with van der Waals surface area (Å²) in [7, 11) is 1.55. The molecule has 3 heterocycles. The van der Waals surface area contributed by atoms with Crippen molar-refractivity contribution in [2.24, 2.45) is 5.92 Å². The largest absolute Gasteiger partial charge is 0.461 e. The van der Waals surface area contributed by atoms with Crippen molar-refractivity contribution in [1.29, 1.82) is 0 Å². The van der Waals surface area contributed by atoms with E-state index in [1.54, 1.807) is 18.0 Å². The van der Waals surface area contributed by atoms with Gasteiger partial charge in [-0.05, 0) is 30.8 Å². The second kappa shape index (κ2) is 7.77. The van der Waals surface area contributed by atoms with Gasteiger partial charge >= 0.3 is 6.18 Å². The molecule has 0 radical (unpaired) electrons. The number of rotatable bonds is 4. The van der Waals surface area contributed by atoms with Gasteiger partial charge in [0, 0.05) is 30.2 Å². The van der Waals surface area contributed by atoms with Crippen molar-refractivity contribution >= 4 is 23.1 Å². The Morgan fingerprint density at radius 1 is 1.20 bits per heavy atom. The lowest BCUT2D eigenvalue weighted by Gasteiger charge is -2.35. The maximum atomic E-state index is 13.8. The van der Waals surface area contributed by atoms with Gasteiger partial charge in [0.2, 0.25) is 11.7 Å². The first-order chi connectivity index (χ1) is 16.6. The van der Waals surface area contributed by atoms with E-state index < -0.39 is 51.4 Å². The van der Waals surface area contributed by atoms with E-state index in [1.807, 2.05) is 0 Å². The van der Waals surface area contributed by atoms with Crippen molar-refractivity contribution in [3.05, 3.63) is 93.4 Å². The first-order valence-corrected chi connectivity index (χ1v) is 10.6. The molecule has 1 amide bonds. The summed E-state index contributed by atoms with van der Waals surface area (Å²) in [6.45, 7) is 0.0847. The third kappa shape index (κ3) is 3.26. The topological polar surface area (TPSA) is 106 Å². The smallest absolute Gasteiger partial charge is 0.418 e. The van der Waals surface area contributed by atoms with E-state index in [9.17, 15) is 32.9 Å². The van der Waals surface area contributed by atoms with Gasteiger partial charge in [0.05, 0.1) is 28.4 Å². The fourth-order valence-electron chi connectivity index (χ4n) is 5.44. The molecule has 3 atom stereocenters. The highest BCUT2D eigenvalue weighted by Gasteiger charge is 2.65. The average Bonchev–Trinajstić information content (AvgIpc) is 3.51. The third-order valence-electron chi connectivity index (χ3n) is 6.85. The molecule has 0 bridgehead atoms. The molecule has 2 aromatic carbocycles. The quantitative estimate of drug-likeness (QED) is 0.329. The van der Waals surface area contributed by atoms with Gasteiger partial charge < -0.3 is 9.73 Å². The molecule has 180 valence electrons. The fourth-order valence-corrected chi connectivity index (χ4v) is 5.44. The van der Waals surface area contributed by atoms with Gasteiger partial charge in [-0.1, -0.05) is 24.3 Å². The zero-order valence-electron chi connectivity index (χ0n) is 18.2. The minimum atomic E-state index is -4.73. The van der Waals surface area contributed by atoms with Gasteiger partial charge in [0.25, 0.3) is 5.69 Å². The summed E-state index contributed by atoms with van der Waals surface area (Å²) in [5.41, 5.74) is -2.95. The van der Waals surface area contributed by atoms with Crippen LogP contribution >= 0.6 is 0 Å². The monoisotopic (exact) mass is 485 g/mol. The molecule has 1 saturated heterocycles. The number of para-hydroxylation sites is 1. The number of alkyl halides is 3. The van der Waals surface area contributed by atoms with E-state index in [-0.39, 0.29) is 23.6 Å². The Labute approximate surface area is 196 Å². The van der Waals surface area contributed by atoms with Crippen molar-refractivity contribution in [2.45, 2.75) is 17.6 Å². The Morgan fingerprint density at radius 3 is 2.60 bits per heavy atom. The Morgan fingerprint density at radius 2 is 1.94 bits per heavy atom. The van der Waals surface area contributed by atoms with Gasteiger partial charge in [0.1, 0.15) is 5.54 Å². The number of likely N-dealkylation sites (tertiary alicyclic amines) is 1. The molecule has 2 aliphatic heterocycles. The Hall–Kier alpha value is -3.99. The normalized spacial score (nSPS) is 23.9. The summed E-state index contributed by atoms with van der Waals surface area (Å²) >= 11 is 0. The molecule has 35 heavy (non-hydrogen) atoms. The predicted octanol–water partition coefficient (Wildman–Crippen LogP) is 4.58. The number of benzene rings is 2. The first-order valence-electron chi connectivity index (χ1n) is 10.6. The van der Waals surface area contributed by atoms with E-state index in [1.165, 1.54) is 48.7 Å². The van der Waals surface area contributed by atoms with E-state index in [4.69, 9.17) is 4.42 Å². The second-order valence-corrected chi connectivity index (χ2v) is 8.60. The van der Waals surface area contributed by atoms with Crippen molar-refractivity contribution in [1.82, 2.24) is 4.90 Å². The standard InChI is InChI=1S/C24H18F3N3O5/c1-29-12-15(13-5-2-6-14(11-13)30(33)34)19(21(31)18-9-4-10-35-18)23(29)16-7-3-8-17(24(25,26)27)20(16)28-22(23)32/h2-11,15,19H,12H2,1H3,(H,28,32)/t15-,19?,23-/m1/s1. The van der Waals surface area contributed by atoms with Gasteiger partial charge in [0.15, 0.2) is 5.76 Å². The van der Waals surface area contributed by atoms with Crippen LogP contribution in [0.15, 0.2) is 65.3 Å². The number of carbonyl (C=O) groups is 2. The number of fused-ring (bicyclic) bond motifs is 2. The number of non-ortho nitro benzene ring substituents is 1. The number of ketones is 1. The van der Waals surface area contributed by atoms with Crippen LogP contribution < -0.4 is 5.32 Å². The molecule has 1 spiro atoms. The van der Waals surface area contributed by atoms with Crippen LogP contribution in [-0.2, 0) is 16.5 Å². The molecular weight excluding hydrogens is 467 g/mol. The summed E-state index contributed by atoms with van der Waals surface area (Å²) in [5, 5.41) is 13.7. The number of hydrogen-bond donors (Lipinski definition) is 1. The molecular formula is C24H18F3N3O5. The van der Waals surface area contributed by atoms with Crippen molar-refractivity contribution in [3.8, 4) is 0 Å². The number of hydrogen-bond acceptors (Lipinski definition) is 6. The summed E-state index contributed by atoms with van der Waals surface area (Å²) in [4.78, 5) is 39.7. The Bertz CT molecular complexity index is 1350. The highest BCUT2D eigenvalue weighted by molar-refractivity contribution is 6.12. The number of nitrogens with zero attached hydrogens (tertiary/aromatic N) is 2. The molecule has 2 aliphatic rings. The summed E-state index contributed by atoms with van der Waals surface area (Å²) in [5.74, 6) is -3.39. The molecule has 1 unspecified atom stereocenters. The highest BCUT2D eigenvalue weighted by Crippen LogP contribution is 2.57. The second-order valence-electron chi connectivity index (χ2n) is 8.60. The SMILES string of the molecule is CN1C[C@H](c2cccc([N+](=O)[O-])c2)C(C(=O)c2ccco2)[C@]12C(=O)Nc1c(C(F)(F)F)cccc12. The lowest BCUT2D eigenvalue weighted by atomic mass is 9.71. The van der Waals surface area contributed by atoms with Crippen molar-refractivity contribution in [2.75, 3.05) is 18.9 Å². The minimum Gasteiger partial charge on any atom is -0.461 e. The van der Waals surface area contributed by atoms with Gasteiger partial charge in [-0.3, -0.25) is 24.6 Å². The number of nitrogens with one attached hydrogen (secondary N) is 1. The van der Waals surface area contributed by atoms with E-state index in [0.29, 0.717) is 5.56 Å². The van der Waals surface area contributed by atoms with Crippen LogP contribution in [0, 0.1) is 16.0 Å². The Kier molecular flexibility index (Phi) is 5.06. The number of anilines is 1. The number of Topliss-reactive ketones (excluding diaryl/α,β-unsaturated/α-hetero) is 1. The van der Waals surface area contributed by atoms with Crippen LogP contribution in [0.25, 0.3) is 0 Å². The van der Waals surface area contributed by atoms with Crippen molar-refractivity contribution < 1.29 is 32.1 Å². The van der Waals surface area contributed by atoms with E-state index in [0.717, 1.165) is 6.07 Å². The number of nitro groups is 1. The first kappa shape index (κ1) is 22.8. The van der Waals surface area contributed by atoms with Crippen LogP contribution in [-0.4, -0.2) is 35.1 Å². The average molecular weight is 485 g/mol. The minimum absolute atomic E-state index is 0.0256. The molecule has 0 aliphatic carbocycles. The molecule has 5 rings (SSSR count). The predicted molar refractivity (Wildman–Crippen MR) is 117 cm³/mol. The van der Waals surface area contributed by atoms with Crippen molar-refractivity contribution in [3.63, 3.8) is 0 Å². The van der Waals surface area contributed by atoms with Crippen LogP contribution in [0.4, 0.5) is 24.5 Å². The molecule has 3 aromatic rings. The fraction of sp³-hybridized carbons (Fsp3) is 0.250. The molecule has 11 heteroatoms. The van der Waals surface area contributed by atoms with Gasteiger partial charge in [-0.2, -0.15) is 13.2 Å². The number of carbonyl (C=O) groups excluding carboxylic acids is 2. The summed E-state index contributed by atoms with van der Waals surface area (Å²) < 4.78 is 46.6. The zero-order valence-corrected chi connectivity index (χ0v) is 18.2. The lowest BCUT2D eigenvalue weighted by Crippen LogP contribution is -2.51. The maximum Gasteiger partial charge on any atom is 0.418 e. The number of halogens is 3. The Balaban J connectivity index is 1.75. The molecule has 1 aromatic heterocycles. The van der Waals surface area contributed by atoms with Gasteiger partial charge in [-0.15, -0.1) is 0 Å².